The highest BCUT2D eigenvalue weighted by Gasteiger charge is 2.32. The lowest BCUT2D eigenvalue weighted by atomic mass is 10.1. The minimum absolute atomic E-state index is 0.0262. The average molecular weight is 374 g/mol. The topological polar surface area (TPSA) is 67.6 Å². The number of hydrogen-bond acceptors (Lipinski definition) is 5. The Morgan fingerprint density at radius 3 is 2.48 bits per heavy atom. The van der Waals surface area contributed by atoms with Crippen molar-refractivity contribution in [2.45, 2.75) is 13.0 Å². The number of hydrogen-bond donors (Lipinski definition) is 1. The Bertz CT molecular complexity index is 645. The van der Waals surface area contributed by atoms with Crippen molar-refractivity contribution in [2.24, 2.45) is 4.99 Å². The first-order chi connectivity index (χ1) is 13.2. The summed E-state index contributed by atoms with van der Waals surface area (Å²) in [6, 6.07) is 4.01. The molecular weight excluding hydrogens is 344 g/mol. The minimum atomic E-state index is -0.0262. The van der Waals surface area contributed by atoms with Crippen LogP contribution in [0, 0.1) is 0 Å². The summed E-state index contributed by atoms with van der Waals surface area (Å²) in [7, 11) is 0. The van der Waals surface area contributed by atoms with Crippen LogP contribution < -0.4 is 5.32 Å². The minimum Gasteiger partial charge on any atom is -0.459 e. The van der Waals surface area contributed by atoms with Crippen molar-refractivity contribution in [1.82, 2.24) is 24.9 Å². The van der Waals surface area contributed by atoms with Crippen LogP contribution in [0.2, 0.25) is 0 Å². The second-order valence-corrected chi connectivity index (χ2v) is 7.44. The van der Waals surface area contributed by atoms with Crippen LogP contribution in [0.4, 0.5) is 0 Å². The van der Waals surface area contributed by atoms with Gasteiger partial charge in [0.15, 0.2) is 11.7 Å². The summed E-state index contributed by atoms with van der Waals surface area (Å²) in [5.74, 6) is 1.36. The second-order valence-electron chi connectivity index (χ2n) is 7.44. The van der Waals surface area contributed by atoms with Crippen LogP contribution in [-0.2, 0) is 0 Å². The third-order valence-corrected chi connectivity index (χ3v) is 5.78. The zero-order chi connectivity index (χ0) is 18.6. The zero-order valence-electron chi connectivity index (χ0n) is 16.1. The number of aliphatic imine (C=N–C) groups is 1. The summed E-state index contributed by atoms with van der Waals surface area (Å²) in [6.07, 6.45) is 1.55. The van der Waals surface area contributed by atoms with E-state index in [1.54, 1.807) is 18.4 Å². The molecule has 4 aliphatic heterocycles. The molecule has 8 nitrogen and oxygen atoms in total. The Labute approximate surface area is 160 Å². The van der Waals surface area contributed by atoms with Gasteiger partial charge >= 0.3 is 0 Å². The van der Waals surface area contributed by atoms with Gasteiger partial charge in [0, 0.05) is 71.5 Å². The smallest absolute Gasteiger partial charge is 0.289 e. The number of rotatable bonds is 4. The molecule has 0 aliphatic carbocycles. The largest absolute Gasteiger partial charge is 0.459 e. The molecule has 2 bridgehead atoms. The zero-order valence-corrected chi connectivity index (χ0v) is 16.1. The van der Waals surface area contributed by atoms with Crippen LogP contribution in [0.3, 0.4) is 0 Å². The predicted molar refractivity (Wildman–Crippen MR) is 104 cm³/mol. The van der Waals surface area contributed by atoms with Crippen LogP contribution in [-0.4, -0.2) is 110 Å². The molecule has 8 heteroatoms. The van der Waals surface area contributed by atoms with E-state index in [4.69, 9.17) is 9.41 Å². The molecule has 4 fully saturated rings. The molecule has 1 aromatic rings. The van der Waals surface area contributed by atoms with Crippen molar-refractivity contribution in [3.63, 3.8) is 0 Å². The third-order valence-electron chi connectivity index (χ3n) is 5.78. The van der Waals surface area contributed by atoms with Gasteiger partial charge in [0.05, 0.1) is 12.8 Å². The van der Waals surface area contributed by atoms with Gasteiger partial charge in [-0.3, -0.25) is 19.6 Å². The van der Waals surface area contributed by atoms with E-state index in [1.165, 1.54) is 26.2 Å². The van der Waals surface area contributed by atoms with E-state index in [-0.39, 0.29) is 5.91 Å². The Morgan fingerprint density at radius 1 is 1.15 bits per heavy atom. The van der Waals surface area contributed by atoms with Crippen LogP contribution in [0.15, 0.2) is 27.8 Å². The Hall–Kier alpha value is -2.06. The summed E-state index contributed by atoms with van der Waals surface area (Å²) >= 11 is 0. The fraction of sp³-hybridized carbons (Fsp3) is 0.684. The quantitative estimate of drug-likeness (QED) is 0.591. The summed E-state index contributed by atoms with van der Waals surface area (Å²) in [5, 5.41) is 3.43. The maximum atomic E-state index is 12.4. The summed E-state index contributed by atoms with van der Waals surface area (Å²) in [5.41, 5.74) is 0. The summed E-state index contributed by atoms with van der Waals surface area (Å²) < 4.78 is 5.24. The highest BCUT2D eigenvalue weighted by Crippen LogP contribution is 2.16. The van der Waals surface area contributed by atoms with E-state index in [2.05, 4.69) is 26.9 Å². The third kappa shape index (κ3) is 4.11. The monoisotopic (exact) mass is 374 g/mol. The Kier molecular flexibility index (Phi) is 5.63. The highest BCUT2D eigenvalue weighted by atomic mass is 16.3. The lowest BCUT2D eigenvalue weighted by Crippen LogP contribution is -2.62. The second kappa shape index (κ2) is 8.31. The standard InChI is InChI=1S/C19H30N6O2/c1-2-20-19(21-14-16-15-22-5-7-23(16)8-6-22)25-11-9-24(10-12-25)18(26)17-4-3-13-27-17/h3-4,13,16H,2,5-12,14-15H2,1H3,(H,20,21). The van der Waals surface area contributed by atoms with Crippen molar-refractivity contribution < 1.29 is 9.21 Å². The number of furan rings is 1. The number of amides is 1. The van der Waals surface area contributed by atoms with Gasteiger partial charge < -0.3 is 19.5 Å². The van der Waals surface area contributed by atoms with Crippen LogP contribution in [0.5, 0.6) is 0 Å². The van der Waals surface area contributed by atoms with Crippen molar-refractivity contribution in [2.75, 3.05) is 72.0 Å². The number of nitrogens with zero attached hydrogens (tertiary/aromatic N) is 5. The molecule has 0 spiro atoms. The normalized spacial score (nSPS) is 28.5. The molecule has 0 aromatic carbocycles. The SMILES string of the molecule is CCNC(=NCC1CN2CCN1CC2)N1CCN(C(=O)c2ccco2)CC1. The van der Waals surface area contributed by atoms with Crippen molar-refractivity contribution >= 4 is 11.9 Å². The molecule has 5 rings (SSSR count). The van der Waals surface area contributed by atoms with E-state index in [1.807, 2.05) is 4.90 Å². The Balaban J connectivity index is 1.33. The van der Waals surface area contributed by atoms with Gasteiger partial charge in [0.1, 0.15) is 0 Å². The molecule has 1 atom stereocenters. The molecule has 1 amide bonds. The van der Waals surface area contributed by atoms with E-state index in [0.29, 0.717) is 24.9 Å². The van der Waals surface area contributed by atoms with Crippen LogP contribution in [0.25, 0.3) is 0 Å². The van der Waals surface area contributed by atoms with E-state index in [9.17, 15) is 4.79 Å². The number of nitrogens with one attached hydrogen (secondary N) is 1. The van der Waals surface area contributed by atoms with Crippen LogP contribution in [0.1, 0.15) is 17.5 Å². The number of piperazine rings is 4. The first-order valence-electron chi connectivity index (χ1n) is 10.1. The fourth-order valence-electron chi connectivity index (χ4n) is 4.19. The molecule has 27 heavy (non-hydrogen) atoms. The first-order valence-corrected chi connectivity index (χ1v) is 10.1. The van der Waals surface area contributed by atoms with E-state index >= 15 is 0 Å². The maximum Gasteiger partial charge on any atom is 0.289 e. The molecule has 1 aromatic heterocycles. The van der Waals surface area contributed by atoms with Crippen LogP contribution >= 0.6 is 0 Å². The summed E-state index contributed by atoms with van der Waals surface area (Å²) in [6.45, 7) is 12.6. The molecule has 4 aliphatic rings. The van der Waals surface area contributed by atoms with Crippen molar-refractivity contribution in [3.8, 4) is 0 Å². The molecule has 148 valence electrons. The number of guanidine groups is 1. The lowest BCUT2D eigenvalue weighted by Gasteiger charge is -2.47. The summed E-state index contributed by atoms with van der Waals surface area (Å²) in [4.78, 5) is 26.6. The molecule has 0 radical (unpaired) electrons. The average Bonchev–Trinajstić information content (AvgIpc) is 3.26. The molecule has 1 unspecified atom stereocenters. The molecule has 5 heterocycles. The van der Waals surface area contributed by atoms with Crippen molar-refractivity contribution in [1.29, 1.82) is 0 Å². The van der Waals surface area contributed by atoms with E-state index < -0.39 is 0 Å². The van der Waals surface area contributed by atoms with Gasteiger partial charge in [0.25, 0.3) is 5.91 Å². The molecule has 1 N–H and O–H groups in total. The maximum absolute atomic E-state index is 12.4. The Morgan fingerprint density at radius 2 is 1.89 bits per heavy atom. The molecular formula is C19H30N6O2. The van der Waals surface area contributed by atoms with Crippen molar-refractivity contribution in [3.05, 3.63) is 24.2 Å². The van der Waals surface area contributed by atoms with Gasteiger partial charge in [-0.2, -0.15) is 0 Å². The van der Waals surface area contributed by atoms with E-state index in [0.717, 1.165) is 38.7 Å². The predicted octanol–water partition coefficient (Wildman–Crippen LogP) is 0.00270. The first kappa shape index (κ1) is 18.3. The number of carbonyl (C=O) groups excluding carboxylic acids is 1. The number of carbonyl (C=O) groups is 1. The molecule has 4 saturated heterocycles. The molecule has 0 saturated carbocycles. The lowest BCUT2D eigenvalue weighted by molar-refractivity contribution is 0.0173. The van der Waals surface area contributed by atoms with Gasteiger partial charge in [-0.25, -0.2) is 0 Å². The van der Waals surface area contributed by atoms with Gasteiger partial charge in [-0.05, 0) is 19.1 Å². The number of fused-ring (bicyclic) bond motifs is 3. The fourth-order valence-corrected chi connectivity index (χ4v) is 4.19. The van der Waals surface area contributed by atoms with Gasteiger partial charge in [-0.1, -0.05) is 0 Å². The van der Waals surface area contributed by atoms with Gasteiger partial charge in [0.2, 0.25) is 0 Å². The van der Waals surface area contributed by atoms with Gasteiger partial charge in [-0.15, -0.1) is 0 Å². The highest BCUT2D eigenvalue weighted by molar-refractivity contribution is 5.91.